The van der Waals surface area contributed by atoms with Crippen LogP contribution in [0.4, 0.5) is 20.7 Å². The zero-order valence-corrected chi connectivity index (χ0v) is 17.7. The van der Waals surface area contributed by atoms with Gasteiger partial charge in [0.1, 0.15) is 0 Å². The van der Waals surface area contributed by atoms with Crippen LogP contribution in [0.15, 0.2) is 24.3 Å². The van der Waals surface area contributed by atoms with Gasteiger partial charge in [-0.05, 0) is 36.1 Å². The summed E-state index contributed by atoms with van der Waals surface area (Å²) in [5.41, 5.74) is 0.966. The van der Waals surface area contributed by atoms with Crippen LogP contribution in [-0.2, 0) is 4.74 Å². The monoisotopic (exact) mass is 405 g/mol. The topological polar surface area (TPSA) is 96.4 Å². The summed E-state index contributed by atoms with van der Waals surface area (Å²) in [6, 6.07) is 6.00. The Morgan fingerprint density at radius 2 is 1.64 bits per heavy atom. The van der Waals surface area contributed by atoms with E-state index in [9.17, 15) is 9.59 Å². The molecule has 0 bridgehead atoms. The SMILES string of the molecule is COC(=O)c1ccc(NC(=O)Nc2nnc(N(CC(C)C)CC(C)C)s2)cc1. The molecule has 2 rings (SSSR count). The maximum atomic E-state index is 12.2. The molecule has 0 fully saturated rings. The third kappa shape index (κ3) is 6.49. The molecule has 0 aliphatic heterocycles. The third-order valence-corrected chi connectivity index (χ3v) is 4.54. The minimum atomic E-state index is -0.426. The molecular formula is C19H27N5O3S. The summed E-state index contributed by atoms with van der Waals surface area (Å²) in [5.74, 6) is 0.565. The summed E-state index contributed by atoms with van der Waals surface area (Å²) in [5, 5.41) is 14.9. The van der Waals surface area contributed by atoms with Gasteiger partial charge in [-0.25, -0.2) is 9.59 Å². The lowest BCUT2D eigenvalue weighted by molar-refractivity contribution is 0.0600. The first kappa shape index (κ1) is 21.6. The molecule has 0 spiro atoms. The average molecular weight is 406 g/mol. The van der Waals surface area contributed by atoms with E-state index in [0.717, 1.165) is 18.2 Å². The van der Waals surface area contributed by atoms with Crippen LogP contribution < -0.4 is 15.5 Å². The molecule has 0 radical (unpaired) electrons. The number of carbonyl (C=O) groups excluding carboxylic acids is 2. The zero-order valence-electron chi connectivity index (χ0n) is 16.9. The van der Waals surface area contributed by atoms with Gasteiger partial charge < -0.3 is 15.0 Å². The largest absolute Gasteiger partial charge is 0.465 e. The van der Waals surface area contributed by atoms with E-state index >= 15 is 0 Å². The van der Waals surface area contributed by atoms with Crippen molar-refractivity contribution in [3.05, 3.63) is 29.8 Å². The smallest absolute Gasteiger partial charge is 0.337 e. The maximum Gasteiger partial charge on any atom is 0.337 e. The van der Waals surface area contributed by atoms with Crippen molar-refractivity contribution in [3.63, 3.8) is 0 Å². The molecule has 0 saturated heterocycles. The first-order valence-electron chi connectivity index (χ1n) is 9.13. The molecule has 2 aromatic rings. The zero-order chi connectivity index (χ0) is 20.7. The molecule has 0 aliphatic carbocycles. The Kier molecular flexibility index (Phi) is 7.74. The van der Waals surface area contributed by atoms with Gasteiger partial charge in [-0.2, -0.15) is 0 Å². The lowest BCUT2D eigenvalue weighted by atomic mass is 10.1. The molecule has 28 heavy (non-hydrogen) atoms. The summed E-state index contributed by atoms with van der Waals surface area (Å²) in [7, 11) is 1.32. The Morgan fingerprint density at radius 3 is 2.18 bits per heavy atom. The molecule has 1 aromatic carbocycles. The van der Waals surface area contributed by atoms with Crippen LogP contribution in [-0.4, -0.2) is 42.4 Å². The van der Waals surface area contributed by atoms with E-state index in [1.54, 1.807) is 24.3 Å². The summed E-state index contributed by atoms with van der Waals surface area (Å²) < 4.78 is 4.65. The van der Waals surface area contributed by atoms with Gasteiger partial charge in [0.2, 0.25) is 10.3 Å². The molecule has 8 nitrogen and oxygen atoms in total. The number of hydrogen-bond acceptors (Lipinski definition) is 7. The quantitative estimate of drug-likeness (QED) is 0.642. The van der Waals surface area contributed by atoms with E-state index in [1.807, 2.05) is 0 Å². The van der Waals surface area contributed by atoms with Crippen LogP contribution in [0.3, 0.4) is 0 Å². The molecule has 9 heteroatoms. The number of anilines is 3. The lowest BCUT2D eigenvalue weighted by Crippen LogP contribution is -2.31. The van der Waals surface area contributed by atoms with Crippen molar-refractivity contribution in [2.75, 3.05) is 35.7 Å². The van der Waals surface area contributed by atoms with Crippen molar-refractivity contribution in [2.24, 2.45) is 11.8 Å². The highest BCUT2D eigenvalue weighted by atomic mass is 32.1. The Morgan fingerprint density at radius 1 is 1.04 bits per heavy atom. The molecule has 1 heterocycles. The summed E-state index contributed by atoms with van der Waals surface area (Å²) in [4.78, 5) is 25.8. The van der Waals surface area contributed by atoms with Crippen molar-refractivity contribution in [1.82, 2.24) is 10.2 Å². The standard InChI is InChI=1S/C19H27N5O3S/c1-12(2)10-24(11-13(3)4)19-23-22-18(28-19)21-17(26)20-15-8-6-14(7-9-15)16(25)27-5/h6-9,12-13H,10-11H2,1-5H3,(H2,20,21,22,26). The van der Waals surface area contributed by atoms with Crippen molar-refractivity contribution in [1.29, 1.82) is 0 Å². The van der Waals surface area contributed by atoms with Gasteiger partial charge in [0, 0.05) is 18.8 Å². The number of ether oxygens (including phenoxy) is 1. The second-order valence-electron chi connectivity index (χ2n) is 7.23. The fourth-order valence-electron chi connectivity index (χ4n) is 2.57. The highest BCUT2D eigenvalue weighted by Gasteiger charge is 2.16. The van der Waals surface area contributed by atoms with Crippen molar-refractivity contribution < 1.29 is 14.3 Å². The highest BCUT2D eigenvalue weighted by Crippen LogP contribution is 2.25. The highest BCUT2D eigenvalue weighted by molar-refractivity contribution is 7.19. The first-order chi connectivity index (χ1) is 13.3. The van der Waals surface area contributed by atoms with Crippen LogP contribution in [0.1, 0.15) is 38.1 Å². The van der Waals surface area contributed by atoms with E-state index in [2.05, 4.69) is 58.2 Å². The minimum absolute atomic E-state index is 0.414. The van der Waals surface area contributed by atoms with Crippen molar-refractivity contribution in [2.45, 2.75) is 27.7 Å². The number of amides is 2. The molecule has 152 valence electrons. The van der Waals surface area contributed by atoms with Gasteiger partial charge >= 0.3 is 12.0 Å². The van der Waals surface area contributed by atoms with Gasteiger partial charge in [-0.1, -0.05) is 39.0 Å². The molecular weight excluding hydrogens is 378 g/mol. The normalized spacial score (nSPS) is 10.8. The fraction of sp³-hybridized carbons (Fsp3) is 0.474. The maximum absolute atomic E-state index is 12.2. The van der Waals surface area contributed by atoms with Gasteiger partial charge in [-0.15, -0.1) is 10.2 Å². The van der Waals surface area contributed by atoms with Crippen LogP contribution in [0, 0.1) is 11.8 Å². The van der Waals surface area contributed by atoms with E-state index in [1.165, 1.54) is 18.4 Å². The van der Waals surface area contributed by atoms with E-state index in [-0.39, 0.29) is 0 Å². The third-order valence-electron chi connectivity index (χ3n) is 3.64. The van der Waals surface area contributed by atoms with E-state index in [4.69, 9.17) is 0 Å². The number of nitrogens with one attached hydrogen (secondary N) is 2. The van der Waals surface area contributed by atoms with Crippen molar-refractivity contribution in [3.8, 4) is 0 Å². The number of carbonyl (C=O) groups is 2. The minimum Gasteiger partial charge on any atom is -0.465 e. The predicted molar refractivity (Wildman–Crippen MR) is 112 cm³/mol. The number of hydrogen-bond donors (Lipinski definition) is 2. The number of urea groups is 1. The molecule has 0 atom stereocenters. The molecule has 1 aromatic heterocycles. The molecule has 2 amide bonds. The van der Waals surface area contributed by atoms with Crippen LogP contribution in [0.5, 0.6) is 0 Å². The number of aromatic nitrogens is 2. The average Bonchev–Trinajstić information content (AvgIpc) is 3.08. The Hall–Kier alpha value is -2.68. The number of esters is 1. The second-order valence-corrected chi connectivity index (χ2v) is 8.19. The summed E-state index contributed by atoms with van der Waals surface area (Å²) >= 11 is 1.34. The van der Waals surface area contributed by atoms with E-state index < -0.39 is 12.0 Å². The van der Waals surface area contributed by atoms with Gasteiger partial charge in [0.25, 0.3) is 0 Å². The predicted octanol–water partition coefficient (Wildman–Crippen LogP) is 4.09. The molecule has 2 N–H and O–H groups in total. The summed E-state index contributed by atoms with van der Waals surface area (Å²) in [6.45, 7) is 10.4. The number of rotatable bonds is 8. The van der Waals surface area contributed by atoms with Gasteiger partial charge in [-0.3, -0.25) is 5.32 Å². The van der Waals surface area contributed by atoms with Crippen molar-refractivity contribution >= 4 is 39.3 Å². The second kappa shape index (κ2) is 10.0. The lowest BCUT2D eigenvalue weighted by Gasteiger charge is -2.25. The van der Waals surface area contributed by atoms with Crippen LogP contribution in [0.25, 0.3) is 0 Å². The summed E-state index contributed by atoms with van der Waals surface area (Å²) in [6.07, 6.45) is 0. The Labute approximate surface area is 169 Å². The van der Waals surface area contributed by atoms with Gasteiger partial charge in [0.05, 0.1) is 12.7 Å². The Bertz CT molecular complexity index is 779. The number of methoxy groups -OCH3 is 1. The number of benzene rings is 1. The van der Waals surface area contributed by atoms with Crippen LogP contribution >= 0.6 is 11.3 Å². The Balaban J connectivity index is 1.98. The number of nitrogens with zero attached hydrogens (tertiary/aromatic N) is 3. The molecule has 0 unspecified atom stereocenters. The van der Waals surface area contributed by atoms with Crippen LogP contribution in [0.2, 0.25) is 0 Å². The van der Waals surface area contributed by atoms with E-state index in [0.29, 0.717) is 28.2 Å². The molecule has 0 saturated carbocycles. The fourth-order valence-corrected chi connectivity index (χ4v) is 3.33. The van der Waals surface area contributed by atoms with Gasteiger partial charge in [0.15, 0.2) is 0 Å². The molecule has 0 aliphatic rings. The first-order valence-corrected chi connectivity index (χ1v) is 9.95.